The number of aryl methyl sites for hydroxylation is 1. The zero-order valence-corrected chi connectivity index (χ0v) is 13.2. The average molecular weight is 301 g/mol. The molecule has 0 spiro atoms. The van der Waals surface area contributed by atoms with Crippen LogP contribution in [-0.2, 0) is 0 Å². The molecule has 1 aliphatic heterocycles. The fraction of sp³-hybridized carbons (Fsp3) is 0.529. The van der Waals surface area contributed by atoms with Gasteiger partial charge in [-0.2, -0.15) is 5.26 Å². The number of piperazine rings is 1. The number of nitrogens with zero attached hydrogens (tertiary/aromatic N) is 3. The molecule has 1 aliphatic rings. The van der Waals surface area contributed by atoms with Crippen LogP contribution in [0.1, 0.15) is 34.8 Å². The summed E-state index contributed by atoms with van der Waals surface area (Å²) < 4.78 is 0. The SMILES string of the molecule is CCC(CO)N1CCN(C(=O)c2ccc(C#N)cc2C)CC1. The predicted octanol–water partition coefficient (Wildman–Crippen LogP) is 1.40. The van der Waals surface area contributed by atoms with Crippen LogP contribution in [0, 0.1) is 18.3 Å². The molecule has 1 fully saturated rings. The molecule has 0 bridgehead atoms. The third kappa shape index (κ3) is 3.46. The zero-order valence-electron chi connectivity index (χ0n) is 13.2. The van der Waals surface area contributed by atoms with Crippen molar-refractivity contribution >= 4 is 5.91 Å². The van der Waals surface area contributed by atoms with Crippen molar-refractivity contribution in [3.63, 3.8) is 0 Å². The summed E-state index contributed by atoms with van der Waals surface area (Å²) in [5, 5.41) is 18.3. The second-order valence-electron chi connectivity index (χ2n) is 5.71. The maximum atomic E-state index is 12.6. The number of nitriles is 1. The fourth-order valence-corrected chi connectivity index (χ4v) is 2.94. The summed E-state index contributed by atoms with van der Waals surface area (Å²) in [6, 6.07) is 7.46. The van der Waals surface area contributed by atoms with Crippen LogP contribution < -0.4 is 0 Å². The Morgan fingerprint density at radius 1 is 1.36 bits per heavy atom. The number of hydrogen-bond acceptors (Lipinski definition) is 4. The molecule has 22 heavy (non-hydrogen) atoms. The van der Waals surface area contributed by atoms with Gasteiger partial charge in [-0.3, -0.25) is 9.69 Å². The summed E-state index contributed by atoms with van der Waals surface area (Å²) in [5.74, 6) is 0.0266. The van der Waals surface area contributed by atoms with Crippen LogP contribution in [0.5, 0.6) is 0 Å². The topological polar surface area (TPSA) is 67.6 Å². The molecule has 0 aromatic heterocycles. The van der Waals surface area contributed by atoms with Crippen molar-refractivity contribution in [1.82, 2.24) is 9.80 Å². The van der Waals surface area contributed by atoms with E-state index in [2.05, 4.69) is 17.9 Å². The number of benzene rings is 1. The molecule has 1 atom stereocenters. The van der Waals surface area contributed by atoms with E-state index in [1.807, 2.05) is 11.8 Å². The van der Waals surface area contributed by atoms with Gasteiger partial charge >= 0.3 is 0 Å². The first-order chi connectivity index (χ1) is 10.6. The van der Waals surface area contributed by atoms with Gasteiger partial charge in [0.15, 0.2) is 0 Å². The first kappa shape index (κ1) is 16.5. The molecule has 1 aromatic carbocycles. The second kappa shape index (κ2) is 7.39. The van der Waals surface area contributed by atoms with Gasteiger partial charge in [-0.25, -0.2) is 0 Å². The Bertz CT molecular complexity index is 568. The minimum Gasteiger partial charge on any atom is -0.395 e. The Hall–Kier alpha value is -1.90. The molecule has 5 nitrogen and oxygen atoms in total. The number of carbonyl (C=O) groups is 1. The zero-order chi connectivity index (χ0) is 16.1. The average Bonchev–Trinajstić information content (AvgIpc) is 2.56. The van der Waals surface area contributed by atoms with Crippen molar-refractivity contribution in [3.05, 3.63) is 34.9 Å². The van der Waals surface area contributed by atoms with Crippen LogP contribution in [0.2, 0.25) is 0 Å². The molecule has 0 saturated carbocycles. The van der Waals surface area contributed by atoms with Gasteiger partial charge in [-0.15, -0.1) is 0 Å². The molecule has 1 aromatic rings. The Morgan fingerprint density at radius 3 is 2.55 bits per heavy atom. The molecule has 1 unspecified atom stereocenters. The normalized spacial score (nSPS) is 17.1. The Balaban J connectivity index is 2.02. The Morgan fingerprint density at radius 2 is 2.05 bits per heavy atom. The first-order valence-corrected chi connectivity index (χ1v) is 7.75. The van der Waals surface area contributed by atoms with Crippen molar-refractivity contribution in [1.29, 1.82) is 5.26 Å². The number of rotatable bonds is 4. The lowest BCUT2D eigenvalue weighted by Gasteiger charge is -2.38. The summed E-state index contributed by atoms with van der Waals surface area (Å²) in [6.07, 6.45) is 0.916. The van der Waals surface area contributed by atoms with Gasteiger partial charge in [-0.05, 0) is 37.1 Å². The van der Waals surface area contributed by atoms with Gasteiger partial charge < -0.3 is 10.0 Å². The number of carbonyl (C=O) groups excluding carboxylic acids is 1. The van der Waals surface area contributed by atoms with Crippen LogP contribution in [0.25, 0.3) is 0 Å². The van der Waals surface area contributed by atoms with Crippen LogP contribution >= 0.6 is 0 Å². The van der Waals surface area contributed by atoms with Crippen LogP contribution in [-0.4, -0.2) is 59.6 Å². The van der Waals surface area contributed by atoms with Gasteiger partial charge in [0.2, 0.25) is 0 Å². The molecular formula is C17H23N3O2. The third-order valence-corrected chi connectivity index (χ3v) is 4.39. The van der Waals surface area contributed by atoms with Gasteiger partial charge in [0.1, 0.15) is 0 Å². The highest BCUT2D eigenvalue weighted by Gasteiger charge is 2.26. The van der Waals surface area contributed by atoms with Crippen LogP contribution in [0.4, 0.5) is 0 Å². The van der Waals surface area contributed by atoms with E-state index in [0.29, 0.717) is 24.2 Å². The van der Waals surface area contributed by atoms with Gasteiger partial charge in [0.05, 0.1) is 18.2 Å². The summed E-state index contributed by atoms with van der Waals surface area (Å²) >= 11 is 0. The second-order valence-corrected chi connectivity index (χ2v) is 5.71. The molecular weight excluding hydrogens is 278 g/mol. The van der Waals surface area contributed by atoms with E-state index in [0.717, 1.165) is 25.1 Å². The van der Waals surface area contributed by atoms with E-state index in [4.69, 9.17) is 5.26 Å². The molecule has 1 heterocycles. The van der Waals surface area contributed by atoms with Crippen molar-refractivity contribution in [3.8, 4) is 6.07 Å². The van der Waals surface area contributed by atoms with Gasteiger partial charge in [0.25, 0.3) is 5.91 Å². The number of aliphatic hydroxyl groups excluding tert-OH is 1. The minimum absolute atomic E-state index is 0.0266. The quantitative estimate of drug-likeness (QED) is 0.912. The van der Waals surface area contributed by atoms with Crippen LogP contribution in [0.15, 0.2) is 18.2 Å². The number of aliphatic hydroxyl groups is 1. The highest BCUT2D eigenvalue weighted by Crippen LogP contribution is 2.16. The molecule has 118 valence electrons. The maximum Gasteiger partial charge on any atom is 0.254 e. The lowest BCUT2D eigenvalue weighted by Crippen LogP contribution is -2.52. The molecule has 1 N–H and O–H groups in total. The van der Waals surface area contributed by atoms with Crippen molar-refractivity contribution < 1.29 is 9.90 Å². The molecule has 1 amide bonds. The van der Waals surface area contributed by atoms with E-state index in [9.17, 15) is 9.90 Å². The Labute approximate surface area is 131 Å². The lowest BCUT2D eigenvalue weighted by molar-refractivity contribution is 0.0472. The van der Waals surface area contributed by atoms with Crippen LogP contribution in [0.3, 0.4) is 0 Å². The summed E-state index contributed by atoms with van der Waals surface area (Å²) in [4.78, 5) is 16.7. The molecule has 0 radical (unpaired) electrons. The highest BCUT2D eigenvalue weighted by atomic mass is 16.3. The summed E-state index contributed by atoms with van der Waals surface area (Å²) in [6.45, 7) is 7.03. The first-order valence-electron chi connectivity index (χ1n) is 7.75. The highest BCUT2D eigenvalue weighted by molar-refractivity contribution is 5.95. The number of hydrogen-bond donors (Lipinski definition) is 1. The lowest BCUT2D eigenvalue weighted by atomic mass is 10.0. The van der Waals surface area contributed by atoms with Crippen molar-refractivity contribution in [2.24, 2.45) is 0 Å². The minimum atomic E-state index is 0.0266. The van der Waals surface area contributed by atoms with E-state index in [1.54, 1.807) is 18.2 Å². The Kier molecular flexibility index (Phi) is 5.53. The molecule has 0 aliphatic carbocycles. The van der Waals surface area contributed by atoms with E-state index in [-0.39, 0.29) is 18.6 Å². The number of amides is 1. The standard InChI is InChI=1S/C17H23N3O2/c1-3-15(12-21)19-6-8-20(9-7-19)17(22)16-5-4-14(11-18)10-13(16)2/h4-5,10,15,21H,3,6-9,12H2,1-2H3. The van der Waals surface area contributed by atoms with E-state index >= 15 is 0 Å². The summed E-state index contributed by atoms with van der Waals surface area (Å²) in [7, 11) is 0. The monoisotopic (exact) mass is 301 g/mol. The van der Waals surface area contributed by atoms with Crippen molar-refractivity contribution in [2.75, 3.05) is 32.8 Å². The van der Waals surface area contributed by atoms with E-state index < -0.39 is 0 Å². The molecule has 1 saturated heterocycles. The van der Waals surface area contributed by atoms with Crippen molar-refractivity contribution in [2.45, 2.75) is 26.3 Å². The van der Waals surface area contributed by atoms with E-state index in [1.165, 1.54) is 0 Å². The molecule has 2 rings (SSSR count). The largest absolute Gasteiger partial charge is 0.395 e. The third-order valence-electron chi connectivity index (χ3n) is 4.39. The molecule has 5 heteroatoms. The fourth-order valence-electron chi connectivity index (χ4n) is 2.94. The predicted molar refractivity (Wildman–Crippen MR) is 84.5 cm³/mol. The smallest absolute Gasteiger partial charge is 0.254 e. The maximum absolute atomic E-state index is 12.6. The van der Waals surface area contributed by atoms with Gasteiger partial charge in [-0.1, -0.05) is 6.92 Å². The van der Waals surface area contributed by atoms with Gasteiger partial charge in [0, 0.05) is 37.8 Å². The summed E-state index contributed by atoms with van der Waals surface area (Å²) in [5.41, 5.74) is 2.09.